The minimum atomic E-state index is -0.855. The van der Waals surface area contributed by atoms with Crippen molar-refractivity contribution < 1.29 is 24.1 Å². The summed E-state index contributed by atoms with van der Waals surface area (Å²) in [5, 5.41) is 9.18. The highest BCUT2D eigenvalue weighted by molar-refractivity contribution is 5.73. The summed E-state index contributed by atoms with van der Waals surface area (Å²) in [6.07, 6.45) is 15.3. The zero-order valence-corrected chi connectivity index (χ0v) is 16.4. The summed E-state index contributed by atoms with van der Waals surface area (Å²) in [5.74, 6) is 1.76. The van der Waals surface area contributed by atoms with Crippen molar-refractivity contribution in [2.24, 2.45) is 5.92 Å². The van der Waals surface area contributed by atoms with Crippen molar-refractivity contribution in [1.82, 2.24) is 0 Å². The van der Waals surface area contributed by atoms with E-state index in [9.17, 15) is 9.90 Å². The van der Waals surface area contributed by atoms with Gasteiger partial charge < -0.3 is 19.3 Å². The first-order valence-electron chi connectivity index (χ1n) is 10.4. The molecule has 2 aliphatic carbocycles. The third kappa shape index (κ3) is 8.76. The molecule has 2 aliphatic rings. The van der Waals surface area contributed by atoms with Gasteiger partial charge in [0.05, 0.1) is 24.9 Å². The maximum Gasteiger partial charge on any atom is 0.314 e. The fourth-order valence-electron chi connectivity index (χ4n) is 3.39. The minimum absolute atomic E-state index is 0.0525. The summed E-state index contributed by atoms with van der Waals surface area (Å²) in [5.41, 5.74) is 0. The lowest BCUT2D eigenvalue weighted by atomic mass is 9.89. The molecule has 0 spiro atoms. The maximum absolute atomic E-state index is 12.2. The van der Waals surface area contributed by atoms with Gasteiger partial charge in [-0.25, -0.2) is 0 Å². The molecular weight excluding hydrogens is 344 g/mol. The molecule has 1 saturated carbocycles. The number of esters is 1. The van der Waals surface area contributed by atoms with E-state index in [0.29, 0.717) is 13.2 Å². The van der Waals surface area contributed by atoms with Crippen LogP contribution in [0.1, 0.15) is 70.6 Å². The van der Waals surface area contributed by atoms with Gasteiger partial charge in [0, 0.05) is 12.8 Å². The normalized spacial score (nSPS) is 19.0. The quantitative estimate of drug-likeness (QED) is 0.229. The van der Waals surface area contributed by atoms with E-state index < -0.39 is 6.29 Å². The zero-order chi connectivity index (χ0) is 19.3. The minimum Gasteiger partial charge on any atom is -0.498 e. The van der Waals surface area contributed by atoms with Crippen molar-refractivity contribution in [1.29, 1.82) is 0 Å². The van der Waals surface area contributed by atoms with Gasteiger partial charge in [0.25, 0.3) is 0 Å². The number of carbonyl (C=O) groups excluding carboxylic acids is 1. The molecule has 5 heteroatoms. The van der Waals surface area contributed by atoms with Gasteiger partial charge in [-0.15, -0.1) is 0 Å². The van der Waals surface area contributed by atoms with Crippen molar-refractivity contribution in [3.05, 3.63) is 36.3 Å². The smallest absolute Gasteiger partial charge is 0.314 e. The first kappa shape index (κ1) is 21.7. The molecule has 2 rings (SSSR count). The molecule has 0 heterocycles. The molecule has 0 amide bonds. The largest absolute Gasteiger partial charge is 0.498 e. The Kier molecular flexibility index (Phi) is 10.2. The summed E-state index contributed by atoms with van der Waals surface area (Å²) in [6.45, 7) is 4.71. The number of aliphatic hydroxyl groups is 1. The molecule has 5 nitrogen and oxygen atoms in total. The van der Waals surface area contributed by atoms with E-state index in [0.717, 1.165) is 75.7 Å². The van der Waals surface area contributed by atoms with Crippen LogP contribution in [0.15, 0.2) is 36.3 Å². The van der Waals surface area contributed by atoms with Crippen molar-refractivity contribution in [3.63, 3.8) is 0 Å². The lowest BCUT2D eigenvalue weighted by molar-refractivity contribution is -0.145. The summed E-state index contributed by atoms with van der Waals surface area (Å²) >= 11 is 0. The van der Waals surface area contributed by atoms with Crippen LogP contribution in [0.4, 0.5) is 0 Å². The van der Waals surface area contributed by atoms with Gasteiger partial charge in [-0.2, -0.15) is 0 Å². The average Bonchev–Trinajstić information content (AvgIpc) is 2.71. The first-order chi connectivity index (χ1) is 13.2. The van der Waals surface area contributed by atoms with Crippen molar-refractivity contribution in [3.8, 4) is 0 Å². The second-order valence-corrected chi connectivity index (χ2v) is 7.28. The molecular formula is C22H34O5. The van der Waals surface area contributed by atoms with E-state index in [1.165, 1.54) is 12.5 Å². The second kappa shape index (κ2) is 12.7. The summed E-state index contributed by atoms with van der Waals surface area (Å²) in [4.78, 5) is 12.2. The molecule has 27 heavy (non-hydrogen) atoms. The summed E-state index contributed by atoms with van der Waals surface area (Å²) in [7, 11) is 0. The van der Waals surface area contributed by atoms with Crippen LogP contribution in [-0.4, -0.2) is 30.6 Å². The molecule has 0 bridgehead atoms. The van der Waals surface area contributed by atoms with Crippen LogP contribution in [0.5, 0.6) is 0 Å². The van der Waals surface area contributed by atoms with Crippen molar-refractivity contribution >= 4 is 5.97 Å². The topological polar surface area (TPSA) is 65.0 Å². The van der Waals surface area contributed by atoms with Gasteiger partial charge in [-0.1, -0.05) is 32.3 Å². The van der Waals surface area contributed by atoms with E-state index >= 15 is 0 Å². The third-order valence-corrected chi connectivity index (χ3v) is 5.06. The molecule has 0 radical (unpaired) electrons. The Hall–Kier alpha value is -1.59. The maximum atomic E-state index is 12.2. The van der Waals surface area contributed by atoms with Gasteiger partial charge in [0.1, 0.15) is 5.76 Å². The van der Waals surface area contributed by atoms with Gasteiger partial charge in [0.2, 0.25) is 0 Å². The van der Waals surface area contributed by atoms with Crippen LogP contribution in [0.25, 0.3) is 0 Å². The molecule has 1 atom stereocenters. The highest BCUT2D eigenvalue weighted by Crippen LogP contribution is 2.27. The Labute approximate surface area is 163 Å². The highest BCUT2D eigenvalue weighted by Gasteiger charge is 2.24. The number of aliphatic hydroxyl groups excluding tert-OH is 1. The van der Waals surface area contributed by atoms with E-state index in [2.05, 4.69) is 6.58 Å². The molecule has 1 N–H and O–H groups in total. The molecule has 0 aromatic carbocycles. The number of rotatable bonds is 12. The predicted molar refractivity (Wildman–Crippen MR) is 105 cm³/mol. The van der Waals surface area contributed by atoms with Gasteiger partial charge >= 0.3 is 5.97 Å². The number of carbonyl (C=O) groups is 1. The fraction of sp³-hybridized carbons (Fsp3) is 0.682. The number of allylic oxidation sites excluding steroid dienone is 4. The van der Waals surface area contributed by atoms with Gasteiger partial charge in [-0.05, 0) is 50.3 Å². The number of hydrogen-bond acceptors (Lipinski definition) is 5. The Balaban J connectivity index is 1.54. The number of hydrogen-bond donors (Lipinski definition) is 1. The molecule has 0 aliphatic heterocycles. The predicted octanol–water partition coefficient (Wildman–Crippen LogP) is 4.77. The lowest BCUT2D eigenvalue weighted by Gasteiger charge is -2.21. The van der Waals surface area contributed by atoms with E-state index in [1.54, 1.807) is 0 Å². The monoisotopic (exact) mass is 378 g/mol. The SMILES string of the molecule is C=CC(O)OCCCCCCOC1=CC=C(OC(=O)C2CCCCC2)CC1. The van der Waals surface area contributed by atoms with Crippen LogP contribution in [0.2, 0.25) is 0 Å². The Bertz CT molecular complexity index is 517. The van der Waals surface area contributed by atoms with E-state index in [1.807, 2.05) is 12.2 Å². The van der Waals surface area contributed by atoms with Crippen molar-refractivity contribution in [2.45, 2.75) is 76.9 Å². The van der Waals surface area contributed by atoms with Crippen LogP contribution in [0, 0.1) is 5.92 Å². The number of unbranched alkanes of at least 4 members (excludes halogenated alkanes) is 3. The molecule has 0 saturated heterocycles. The number of ether oxygens (including phenoxy) is 3. The van der Waals surface area contributed by atoms with Gasteiger partial charge in [-0.3, -0.25) is 4.79 Å². The van der Waals surface area contributed by atoms with Crippen LogP contribution >= 0.6 is 0 Å². The molecule has 0 aromatic heterocycles. The van der Waals surface area contributed by atoms with E-state index in [-0.39, 0.29) is 11.9 Å². The average molecular weight is 379 g/mol. The van der Waals surface area contributed by atoms with Gasteiger partial charge in [0.15, 0.2) is 6.29 Å². The lowest BCUT2D eigenvalue weighted by Crippen LogP contribution is -2.20. The van der Waals surface area contributed by atoms with Crippen LogP contribution in [-0.2, 0) is 19.0 Å². The third-order valence-electron chi connectivity index (χ3n) is 5.06. The van der Waals surface area contributed by atoms with Crippen LogP contribution < -0.4 is 0 Å². The Morgan fingerprint density at radius 3 is 2.41 bits per heavy atom. The van der Waals surface area contributed by atoms with Crippen LogP contribution in [0.3, 0.4) is 0 Å². The molecule has 0 aromatic rings. The molecule has 152 valence electrons. The standard InChI is InChI=1S/C22H34O5/c1-2-21(23)26-17-9-4-3-8-16-25-19-12-14-20(15-13-19)27-22(24)18-10-6-5-7-11-18/h2,12,14,18,21,23H,1,3-11,13,15-17H2. The zero-order valence-electron chi connectivity index (χ0n) is 16.4. The second-order valence-electron chi connectivity index (χ2n) is 7.28. The van der Waals surface area contributed by atoms with Crippen molar-refractivity contribution in [2.75, 3.05) is 13.2 Å². The Morgan fingerprint density at radius 1 is 1.07 bits per heavy atom. The first-order valence-corrected chi connectivity index (χ1v) is 10.4. The summed E-state index contributed by atoms with van der Waals surface area (Å²) < 4.78 is 16.5. The highest BCUT2D eigenvalue weighted by atomic mass is 16.6. The molecule has 1 unspecified atom stereocenters. The summed E-state index contributed by atoms with van der Waals surface area (Å²) in [6, 6.07) is 0. The Morgan fingerprint density at radius 2 is 1.74 bits per heavy atom. The van der Waals surface area contributed by atoms with E-state index in [4.69, 9.17) is 14.2 Å². The molecule has 1 fully saturated rings. The fourth-order valence-corrected chi connectivity index (χ4v) is 3.39.